The van der Waals surface area contributed by atoms with Crippen LogP contribution in [0.25, 0.3) is 0 Å². The second-order valence-corrected chi connectivity index (χ2v) is 2.02. The van der Waals surface area contributed by atoms with E-state index in [4.69, 9.17) is 4.74 Å². The second kappa shape index (κ2) is 9.35. The van der Waals surface area contributed by atoms with Crippen LogP contribution in [0.1, 0.15) is 6.42 Å². The molecule has 0 saturated carbocycles. The predicted molar refractivity (Wildman–Crippen MR) is 47.7 cm³/mol. The number of hydrogen-bond donors (Lipinski definition) is 0. The van der Waals surface area contributed by atoms with Crippen LogP contribution in [-0.2, 0) is 0 Å². The van der Waals surface area contributed by atoms with Crippen LogP contribution < -0.4 is 21.7 Å². The summed E-state index contributed by atoms with van der Waals surface area (Å²) in [6.07, 6.45) is 0.814. The van der Waals surface area contributed by atoms with Gasteiger partial charge in [-0.3, -0.25) is 0 Å². The maximum absolute atomic E-state index is 5.29. The SMILES string of the molecule is [Br-].[CH2-]CCOc1ccccc1.[Mg+2]. The standard InChI is InChI=1S/C9H11O.BrH.Mg/c1-2-8-10-9-6-4-3-5-7-9;;/h3-7H,1-2,8H2;1H;/q-1;;+2/p-1. The van der Waals surface area contributed by atoms with Gasteiger partial charge in [0.05, 0.1) is 6.61 Å². The molecule has 0 N–H and O–H groups in total. The molecule has 0 heterocycles. The van der Waals surface area contributed by atoms with E-state index >= 15 is 0 Å². The van der Waals surface area contributed by atoms with Crippen molar-refractivity contribution in [2.24, 2.45) is 0 Å². The molecule has 0 bridgehead atoms. The van der Waals surface area contributed by atoms with Gasteiger partial charge in [0.25, 0.3) is 0 Å². The minimum atomic E-state index is 0. The maximum Gasteiger partial charge on any atom is 2.00 e. The van der Waals surface area contributed by atoms with Crippen LogP contribution in [-0.4, -0.2) is 29.7 Å². The number of hydrogen-bond acceptors (Lipinski definition) is 1. The van der Waals surface area contributed by atoms with Gasteiger partial charge < -0.3 is 28.6 Å². The monoisotopic (exact) mass is 238 g/mol. The molecule has 0 aliphatic rings. The Morgan fingerprint density at radius 1 is 1.17 bits per heavy atom. The first-order valence-electron chi connectivity index (χ1n) is 3.40. The van der Waals surface area contributed by atoms with Crippen LogP contribution in [0, 0.1) is 6.92 Å². The van der Waals surface area contributed by atoms with Crippen molar-refractivity contribution in [3.05, 3.63) is 37.3 Å². The molecule has 0 radical (unpaired) electrons. The number of benzene rings is 1. The first-order chi connectivity index (χ1) is 4.93. The van der Waals surface area contributed by atoms with Gasteiger partial charge in [-0.15, -0.1) is 6.42 Å². The Balaban J connectivity index is 0. The Bertz CT molecular complexity index is 179. The van der Waals surface area contributed by atoms with E-state index in [1.165, 1.54) is 0 Å². The van der Waals surface area contributed by atoms with Crippen LogP contribution in [0.15, 0.2) is 30.3 Å². The zero-order valence-electron chi connectivity index (χ0n) is 7.00. The summed E-state index contributed by atoms with van der Waals surface area (Å²) in [6, 6.07) is 9.76. The molecular formula is C9H11BrMgO. The van der Waals surface area contributed by atoms with Gasteiger partial charge in [-0.25, -0.2) is 0 Å². The van der Waals surface area contributed by atoms with Gasteiger partial charge in [0.1, 0.15) is 5.75 Å². The molecule has 1 aromatic rings. The Hall–Kier alpha value is 0.266. The van der Waals surface area contributed by atoms with Crippen LogP contribution in [0.2, 0.25) is 0 Å². The summed E-state index contributed by atoms with van der Waals surface area (Å²) in [5.74, 6) is 0.922. The van der Waals surface area contributed by atoms with E-state index in [0.717, 1.165) is 12.2 Å². The topological polar surface area (TPSA) is 9.23 Å². The largest absolute Gasteiger partial charge is 2.00 e. The number of ether oxygens (including phenoxy) is 1. The zero-order chi connectivity index (χ0) is 7.23. The summed E-state index contributed by atoms with van der Waals surface area (Å²) in [6.45, 7) is 4.37. The fourth-order valence-electron chi connectivity index (χ4n) is 0.707. The van der Waals surface area contributed by atoms with E-state index in [1.807, 2.05) is 30.3 Å². The summed E-state index contributed by atoms with van der Waals surface area (Å²) in [5.41, 5.74) is 0. The van der Waals surface area contributed by atoms with Crippen molar-refractivity contribution in [2.45, 2.75) is 6.42 Å². The van der Waals surface area contributed by atoms with E-state index < -0.39 is 0 Å². The molecule has 12 heavy (non-hydrogen) atoms. The summed E-state index contributed by atoms with van der Waals surface area (Å²) >= 11 is 0. The molecule has 0 spiro atoms. The molecule has 62 valence electrons. The van der Waals surface area contributed by atoms with Crippen LogP contribution in [0.3, 0.4) is 0 Å². The van der Waals surface area contributed by atoms with Crippen molar-refractivity contribution in [3.63, 3.8) is 0 Å². The van der Waals surface area contributed by atoms with Gasteiger partial charge in [-0.1, -0.05) is 18.2 Å². The van der Waals surface area contributed by atoms with Crippen LogP contribution in [0.4, 0.5) is 0 Å². The zero-order valence-corrected chi connectivity index (χ0v) is 10.0. The van der Waals surface area contributed by atoms with Crippen LogP contribution >= 0.6 is 0 Å². The molecule has 0 aromatic heterocycles. The molecule has 0 aliphatic heterocycles. The third-order valence-electron chi connectivity index (χ3n) is 1.16. The van der Waals surface area contributed by atoms with Gasteiger partial charge >= 0.3 is 23.1 Å². The van der Waals surface area contributed by atoms with Crippen molar-refractivity contribution in [3.8, 4) is 5.75 Å². The molecule has 0 amide bonds. The van der Waals surface area contributed by atoms with Crippen molar-refractivity contribution < 1.29 is 21.7 Å². The molecule has 1 nitrogen and oxygen atoms in total. The molecule has 3 heteroatoms. The molecule has 0 atom stereocenters. The van der Waals surface area contributed by atoms with Crippen molar-refractivity contribution in [1.29, 1.82) is 0 Å². The summed E-state index contributed by atoms with van der Waals surface area (Å²) < 4.78 is 5.29. The molecule has 1 aromatic carbocycles. The molecule has 0 unspecified atom stereocenters. The first kappa shape index (κ1) is 14.8. The summed E-state index contributed by atoms with van der Waals surface area (Å²) in [7, 11) is 0. The van der Waals surface area contributed by atoms with E-state index in [9.17, 15) is 0 Å². The van der Waals surface area contributed by atoms with Crippen molar-refractivity contribution >= 4 is 23.1 Å². The molecular weight excluding hydrogens is 228 g/mol. The Kier molecular flexibility index (Phi) is 11.5. The molecule has 0 aliphatic carbocycles. The van der Waals surface area contributed by atoms with E-state index in [1.54, 1.807) is 0 Å². The average molecular weight is 239 g/mol. The first-order valence-corrected chi connectivity index (χ1v) is 3.40. The van der Waals surface area contributed by atoms with Gasteiger partial charge in [-0.2, -0.15) is 0 Å². The fraction of sp³-hybridized carbons (Fsp3) is 0.222. The van der Waals surface area contributed by atoms with Crippen LogP contribution in [0.5, 0.6) is 5.75 Å². The Labute approximate surface area is 100 Å². The number of halogens is 1. The number of rotatable bonds is 3. The average Bonchev–Trinajstić information content (AvgIpc) is 2.03. The maximum atomic E-state index is 5.29. The smallest absolute Gasteiger partial charge is 1.00 e. The quantitative estimate of drug-likeness (QED) is 0.481. The Morgan fingerprint density at radius 2 is 1.75 bits per heavy atom. The Morgan fingerprint density at radius 3 is 2.25 bits per heavy atom. The second-order valence-electron chi connectivity index (χ2n) is 2.02. The molecule has 1 rings (SSSR count). The van der Waals surface area contributed by atoms with E-state index in [2.05, 4.69) is 6.92 Å². The van der Waals surface area contributed by atoms with E-state index in [0.29, 0.717) is 6.61 Å². The minimum absolute atomic E-state index is 0. The van der Waals surface area contributed by atoms with Crippen molar-refractivity contribution in [2.75, 3.05) is 6.61 Å². The predicted octanol–water partition coefficient (Wildman–Crippen LogP) is -1.09. The van der Waals surface area contributed by atoms with Gasteiger partial charge in [0, 0.05) is 0 Å². The van der Waals surface area contributed by atoms with Gasteiger partial charge in [-0.05, 0) is 12.1 Å². The minimum Gasteiger partial charge on any atom is -1.00 e. The van der Waals surface area contributed by atoms with Gasteiger partial charge in [0.2, 0.25) is 0 Å². The third kappa shape index (κ3) is 5.86. The summed E-state index contributed by atoms with van der Waals surface area (Å²) in [4.78, 5) is 0. The van der Waals surface area contributed by atoms with Crippen molar-refractivity contribution in [1.82, 2.24) is 0 Å². The normalized spacial score (nSPS) is 7.75. The summed E-state index contributed by atoms with van der Waals surface area (Å²) in [5, 5.41) is 0. The van der Waals surface area contributed by atoms with Gasteiger partial charge in [0.15, 0.2) is 0 Å². The fourth-order valence-corrected chi connectivity index (χ4v) is 0.707. The molecule has 0 saturated heterocycles. The molecule has 0 fully saturated rings. The third-order valence-corrected chi connectivity index (χ3v) is 1.16. The van der Waals surface area contributed by atoms with E-state index in [-0.39, 0.29) is 40.0 Å². The number of para-hydroxylation sites is 1.